The molecule has 4 aromatic rings. The van der Waals surface area contributed by atoms with E-state index >= 15 is 0 Å². The number of nitrogens with zero attached hydrogens (tertiary/aromatic N) is 4. The van der Waals surface area contributed by atoms with E-state index in [1.54, 1.807) is 19.1 Å². The van der Waals surface area contributed by atoms with Gasteiger partial charge in [-0.15, -0.1) is 0 Å². The van der Waals surface area contributed by atoms with Crippen LogP contribution in [0.1, 0.15) is 31.2 Å². The smallest absolute Gasteiger partial charge is 0.422 e. The molecular formula is C26H23F5N4O2. The van der Waals surface area contributed by atoms with Crippen LogP contribution in [0.3, 0.4) is 0 Å². The molecular weight excluding hydrogens is 495 g/mol. The van der Waals surface area contributed by atoms with Crippen molar-refractivity contribution in [2.24, 2.45) is 4.99 Å². The predicted octanol–water partition coefficient (Wildman–Crippen LogP) is 6.29. The molecule has 2 aromatic heterocycles. The topological polar surface area (TPSA) is 72.5 Å². The number of alkyl halides is 3. The van der Waals surface area contributed by atoms with E-state index in [1.807, 2.05) is 0 Å². The number of fused-ring (bicyclic) bond motifs is 1. The first-order valence-corrected chi connectivity index (χ1v) is 11.3. The molecule has 0 spiro atoms. The fourth-order valence-corrected chi connectivity index (χ4v) is 4.18. The number of hydrogen-bond acceptors (Lipinski definition) is 5. The lowest BCUT2D eigenvalue weighted by Crippen LogP contribution is -2.47. The number of hydrogen-bond donors (Lipinski definition) is 1. The van der Waals surface area contributed by atoms with Crippen LogP contribution in [0.2, 0.25) is 0 Å². The van der Waals surface area contributed by atoms with Crippen molar-refractivity contribution in [3.63, 3.8) is 0 Å². The van der Waals surface area contributed by atoms with Gasteiger partial charge < -0.3 is 9.84 Å². The Morgan fingerprint density at radius 2 is 1.84 bits per heavy atom. The Labute approximate surface area is 209 Å². The highest BCUT2D eigenvalue weighted by molar-refractivity contribution is 5.92. The Morgan fingerprint density at radius 1 is 1.08 bits per heavy atom. The predicted molar refractivity (Wildman–Crippen MR) is 129 cm³/mol. The minimum absolute atomic E-state index is 0.137. The molecule has 0 aliphatic carbocycles. The van der Waals surface area contributed by atoms with Gasteiger partial charge in [0.25, 0.3) is 0 Å². The van der Waals surface area contributed by atoms with E-state index in [4.69, 9.17) is 4.74 Å². The van der Waals surface area contributed by atoms with Crippen LogP contribution in [0.15, 0.2) is 65.9 Å². The molecule has 37 heavy (non-hydrogen) atoms. The van der Waals surface area contributed by atoms with Gasteiger partial charge in [0, 0.05) is 17.2 Å². The summed E-state index contributed by atoms with van der Waals surface area (Å²) < 4.78 is 76.4. The molecule has 0 saturated carbocycles. The molecule has 6 nitrogen and oxygen atoms in total. The minimum Gasteiger partial charge on any atom is -0.493 e. The van der Waals surface area contributed by atoms with Crippen molar-refractivity contribution in [3.05, 3.63) is 78.3 Å². The van der Waals surface area contributed by atoms with Gasteiger partial charge in [-0.3, -0.25) is 4.99 Å². The fourth-order valence-electron chi connectivity index (χ4n) is 4.18. The van der Waals surface area contributed by atoms with Crippen LogP contribution < -0.4 is 4.74 Å². The summed E-state index contributed by atoms with van der Waals surface area (Å²) in [6.07, 6.45) is -2.54. The maximum Gasteiger partial charge on any atom is 0.422 e. The quantitative estimate of drug-likeness (QED) is 0.169. The monoisotopic (exact) mass is 518 g/mol. The third kappa shape index (κ3) is 5.17. The molecule has 11 heteroatoms. The van der Waals surface area contributed by atoms with Crippen molar-refractivity contribution in [3.8, 4) is 11.4 Å². The van der Waals surface area contributed by atoms with Gasteiger partial charge in [-0.1, -0.05) is 25.1 Å². The standard InChI is InChI=1S/C26H23F5N4O2/c1-3-16(18-6-4-7-20(27)24(18)37-2)12-25(36,26(29,30)31)15-33-21-8-5-9-22-19(21)14-34-35(22)17-10-11-23(28)32-13-17/h4-11,13-16,36H,3,12H2,1-2H3/b33-15-. The highest BCUT2D eigenvalue weighted by Crippen LogP contribution is 2.42. The molecule has 0 saturated heterocycles. The van der Waals surface area contributed by atoms with Gasteiger partial charge in [0.1, 0.15) is 0 Å². The molecule has 2 atom stereocenters. The van der Waals surface area contributed by atoms with E-state index in [1.165, 1.54) is 48.5 Å². The van der Waals surface area contributed by atoms with Crippen molar-refractivity contribution in [2.45, 2.75) is 37.5 Å². The van der Waals surface area contributed by atoms with Gasteiger partial charge in [-0.25, -0.2) is 14.1 Å². The molecule has 0 fully saturated rings. The van der Waals surface area contributed by atoms with Gasteiger partial charge >= 0.3 is 6.18 Å². The lowest BCUT2D eigenvalue weighted by molar-refractivity contribution is -0.232. The average molecular weight is 518 g/mol. The first kappa shape index (κ1) is 26.2. The Hall–Kier alpha value is -3.86. The Balaban J connectivity index is 1.71. The van der Waals surface area contributed by atoms with Crippen LogP contribution in [0.25, 0.3) is 16.6 Å². The summed E-state index contributed by atoms with van der Waals surface area (Å²) >= 11 is 0. The number of para-hydroxylation sites is 1. The van der Waals surface area contributed by atoms with Crippen LogP contribution in [0, 0.1) is 11.8 Å². The maximum absolute atomic E-state index is 14.2. The number of methoxy groups -OCH3 is 1. The molecule has 0 aliphatic heterocycles. The number of pyridine rings is 1. The zero-order valence-corrected chi connectivity index (χ0v) is 19.9. The van der Waals surface area contributed by atoms with Gasteiger partial charge in [0.05, 0.1) is 36.4 Å². The number of aliphatic hydroxyl groups is 1. The third-order valence-corrected chi connectivity index (χ3v) is 6.15. The summed E-state index contributed by atoms with van der Waals surface area (Å²) in [5.41, 5.74) is -2.02. The lowest BCUT2D eigenvalue weighted by Gasteiger charge is -2.31. The number of aromatic nitrogens is 3. The van der Waals surface area contributed by atoms with E-state index in [9.17, 15) is 27.1 Å². The van der Waals surface area contributed by atoms with Crippen molar-refractivity contribution in [2.75, 3.05) is 7.11 Å². The van der Waals surface area contributed by atoms with Crippen molar-refractivity contribution in [1.29, 1.82) is 0 Å². The lowest BCUT2D eigenvalue weighted by atomic mass is 9.84. The number of benzene rings is 2. The Bertz CT molecular complexity index is 1420. The number of aliphatic imine (C=N–C) groups is 1. The molecule has 194 valence electrons. The van der Waals surface area contributed by atoms with E-state index in [2.05, 4.69) is 15.1 Å². The van der Waals surface area contributed by atoms with Gasteiger partial charge in [0.2, 0.25) is 5.95 Å². The highest BCUT2D eigenvalue weighted by Gasteiger charge is 2.53. The zero-order valence-electron chi connectivity index (χ0n) is 19.9. The second kappa shape index (κ2) is 10.3. The first-order valence-electron chi connectivity index (χ1n) is 11.3. The summed E-state index contributed by atoms with van der Waals surface area (Å²) in [6, 6.07) is 11.3. The van der Waals surface area contributed by atoms with Crippen LogP contribution in [0.4, 0.5) is 27.6 Å². The van der Waals surface area contributed by atoms with E-state index in [0.29, 0.717) is 22.8 Å². The Morgan fingerprint density at radius 3 is 2.49 bits per heavy atom. The van der Waals surface area contributed by atoms with Gasteiger partial charge in [0.15, 0.2) is 17.2 Å². The van der Waals surface area contributed by atoms with E-state index in [-0.39, 0.29) is 23.4 Å². The van der Waals surface area contributed by atoms with Crippen LogP contribution in [-0.2, 0) is 0 Å². The third-order valence-electron chi connectivity index (χ3n) is 6.15. The summed E-state index contributed by atoms with van der Waals surface area (Å²) in [4.78, 5) is 7.60. The Kier molecular flexibility index (Phi) is 7.26. The average Bonchev–Trinajstić information content (AvgIpc) is 3.30. The fraction of sp³-hybridized carbons (Fsp3) is 0.269. The normalized spacial score (nSPS) is 14.7. The molecule has 0 aliphatic rings. The molecule has 2 aromatic carbocycles. The molecule has 0 radical (unpaired) electrons. The summed E-state index contributed by atoms with van der Waals surface area (Å²) in [7, 11) is 1.23. The van der Waals surface area contributed by atoms with E-state index < -0.39 is 35.9 Å². The molecule has 0 bridgehead atoms. The maximum atomic E-state index is 14.2. The second-order valence-corrected chi connectivity index (χ2v) is 8.46. The van der Waals surface area contributed by atoms with Crippen LogP contribution >= 0.6 is 0 Å². The van der Waals surface area contributed by atoms with E-state index in [0.717, 1.165) is 12.1 Å². The van der Waals surface area contributed by atoms with Gasteiger partial charge in [-0.2, -0.15) is 22.7 Å². The summed E-state index contributed by atoms with van der Waals surface area (Å²) in [6.45, 7) is 1.64. The van der Waals surface area contributed by atoms with Crippen molar-refractivity contribution in [1.82, 2.24) is 14.8 Å². The van der Waals surface area contributed by atoms with Crippen molar-refractivity contribution < 1.29 is 31.8 Å². The number of halogens is 5. The molecule has 2 unspecified atom stereocenters. The largest absolute Gasteiger partial charge is 0.493 e. The second-order valence-electron chi connectivity index (χ2n) is 8.46. The molecule has 1 N–H and O–H groups in total. The first-order chi connectivity index (χ1) is 17.6. The zero-order chi connectivity index (χ0) is 26.8. The van der Waals surface area contributed by atoms with Gasteiger partial charge in [-0.05, 0) is 49.1 Å². The SMILES string of the molecule is CCC(CC(O)(/C=N\c1cccc2c1cnn2-c1ccc(F)nc1)C(F)(F)F)c1cccc(F)c1OC. The molecule has 4 rings (SSSR count). The van der Waals surface area contributed by atoms with Crippen LogP contribution in [0.5, 0.6) is 5.75 Å². The molecule has 0 amide bonds. The van der Waals surface area contributed by atoms with Crippen LogP contribution in [-0.4, -0.2) is 45.0 Å². The van der Waals surface area contributed by atoms with Crippen molar-refractivity contribution >= 4 is 22.8 Å². The number of rotatable bonds is 8. The summed E-state index contributed by atoms with van der Waals surface area (Å²) in [5.74, 6) is -2.42. The number of ether oxygens (including phenoxy) is 1. The highest BCUT2D eigenvalue weighted by atomic mass is 19.4. The molecule has 2 heterocycles. The minimum atomic E-state index is -5.07. The summed E-state index contributed by atoms with van der Waals surface area (Å²) in [5, 5.41) is 15.4.